The number of hydrogen-bond acceptors (Lipinski definition) is 3. The molecule has 1 saturated carbocycles. The first kappa shape index (κ1) is 17.1. The van der Waals surface area contributed by atoms with Crippen molar-refractivity contribution in [1.82, 2.24) is 9.88 Å². The van der Waals surface area contributed by atoms with Crippen LogP contribution in [0.3, 0.4) is 0 Å². The molecule has 0 saturated heterocycles. The highest BCUT2D eigenvalue weighted by molar-refractivity contribution is 6.30. The molecule has 0 radical (unpaired) electrons. The zero-order chi connectivity index (χ0) is 18.3. The summed E-state index contributed by atoms with van der Waals surface area (Å²) >= 11 is 6.48. The third-order valence-electron chi connectivity index (χ3n) is 5.06. The van der Waals surface area contributed by atoms with Crippen LogP contribution in [0.1, 0.15) is 35.3 Å². The Hall–Kier alpha value is -2.33. The van der Waals surface area contributed by atoms with Gasteiger partial charge in [-0.15, -0.1) is 0 Å². The molecule has 2 heterocycles. The number of carbonyl (C=O) groups excluding carboxylic acids is 1. The van der Waals surface area contributed by atoms with Crippen molar-refractivity contribution in [3.05, 3.63) is 64.2 Å². The lowest BCUT2D eigenvalue weighted by Crippen LogP contribution is -2.31. The van der Waals surface area contributed by atoms with Crippen LogP contribution in [-0.2, 0) is 17.9 Å². The number of aromatic nitrogens is 1. The van der Waals surface area contributed by atoms with Gasteiger partial charge in [-0.2, -0.15) is 0 Å². The van der Waals surface area contributed by atoms with E-state index in [1.165, 1.54) is 5.56 Å². The molecule has 1 aliphatic carbocycles. The van der Waals surface area contributed by atoms with Gasteiger partial charge in [0.05, 0.1) is 18.3 Å². The second-order valence-electron chi connectivity index (χ2n) is 7.07. The molecule has 2 aromatic heterocycles. The number of nitrogens with zero attached hydrogens (tertiary/aromatic N) is 2. The Morgan fingerprint density at radius 1 is 1.27 bits per heavy atom. The summed E-state index contributed by atoms with van der Waals surface area (Å²) in [5, 5.41) is 1.50. The van der Waals surface area contributed by atoms with Crippen molar-refractivity contribution < 1.29 is 9.21 Å². The van der Waals surface area contributed by atoms with Crippen LogP contribution in [0.25, 0.3) is 10.9 Å². The van der Waals surface area contributed by atoms with Gasteiger partial charge in [0.25, 0.3) is 0 Å². The molecule has 0 aliphatic heterocycles. The van der Waals surface area contributed by atoms with Crippen LogP contribution in [0.5, 0.6) is 0 Å². The number of furan rings is 1. The maximum Gasteiger partial charge on any atom is 0.226 e. The van der Waals surface area contributed by atoms with Gasteiger partial charge in [-0.1, -0.05) is 23.7 Å². The summed E-state index contributed by atoms with van der Waals surface area (Å²) in [4.78, 5) is 19.2. The van der Waals surface area contributed by atoms with Crippen molar-refractivity contribution in [3.8, 4) is 0 Å². The van der Waals surface area contributed by atoms with Gasteiger partial charge in [-0.05, 0) is 56.0 Å². The maximum absolute atomic E-state index is 12.7. The highest BCUT2D eigenvalue weighted by Gasteiger charge is 2.34. The predicted octanol–water partition coefficient (Wildman–Crippen LogP) is 5.04. The van der Waals surface area contributed by atoms with Crippen LogP contribution in [0.15, 0.2) is 41.0 Å². The lowest BCUT2D eigenvalue weighted by molar-refractivity contribution is -0.134. The van der Waals surface area contributed by atoms with E-state index in [-0.39, 0.29) is 11.8 Å². The fourth-order valence-electron chi connectivity index (χ4n) is 3.21. The summed E-state index contributed by atoms with van der Waals surface area (Å²) < 4.78 is 5.44. The molecule has 0 bridgehead atoms. The molecule has 0 atom stereocenters. The van der Waals surface area contributed by atoms with Gasteiger partial charge >= 0.3 is 0 Å². The minimum absolute atomic E-state index is 0.141. The normalized spacial score (nSPS) is 14.0. The Balaban J connectivity index is 1.67. The van der Waals surface area contributed by atoms with Crippen LogP contribution < -0.4 is 0 Å². The number of aryl methyl sites for hydroxylation is 2. The van der Waals surface area contributed by atoms with Crippen LogP contribution in [0.2, 0.25) is 5.15 Å². The summed E-state index contributed by atoms with van der Waals surface area (Å²) in [6.45, 7) is 5.01. The predicted molar refractivity (Wildman–Crippen MR) is 102 cm³/mol. The first-order valence-electron chi connectivity index (χ1n) is 8.89. The molecule has 1 fully saturated rings. The summed E-state index contributed by atoms with van der Waals surface area (Å²) in [6.07, 6.45) is 3.57. The van der Waals surface area contributed by atoms with E-state index in [1.807, 2.05) is 23.1 Å². The van der Waals surface area contributed by atoms with Crippen molar-refractivity contribution in [3.63, 3.8) is 0 Å². The molecule has 4 nitrogen and oxygen atoms in total. The molecule has 5 heteroatoms. The molecule has 1 amide bonds. The molecule has 1 aromatic carbocycles. The largest absolute Gasteiger partial charge is 0.467 e. The molecular weight excluding hydrogens is 348 g/mol. The Morgan fingerprint density at radius 2 is 2.08 bits per heavy atom. The van der Waals surface area contributed by atoms with Crippen LogP contribution >= 0.6 is 11.6 Å². The maximum atomic E-state index is 12.7. The number of hydrogen-bond donors (Lipinski definition) is 0. The molecule has 1 aliphatic rings. The lowest BCUT2D eigenvalue weighted by Gasteiger charge is -2.22. The minimum Gasteiger partial charge on any atom is -0.467 e. The average molecular weight is 369 g/mol. The van der Waals surface area contributed by atoms with Crippen molar-refractivity contribution in [1.29, 1.82) is 0 Å². The molecule has 0 N–H and O–H groups in total. The Labute approximate surface area is 157 Å². The highest BCUT2D eigenvalue weighted by Crippen LogP contribution is 2.33. The quantitative estimate of drug-likeness (QED) is 0.593. The highest BCUT2D eigenvalue weighted by atomic mass is 35.5. The van der Waals surface area contributed by atoms with Gasteiger partial charge in [-0.25, -0.2) is 4.98 Å². The van der Waals surface area contributed by atoms with E-state index in [2.05, 4.69) is 31.0 Å². The monoisotopic (exact) mass is 368 g/mol. The lowest BCUT2D eigenvalue weighted by atomic mass is 10.0. The van der Waals surface area contributed by atoms with Crippen molar-refractivity contribution >= 4 is 28.4 Å². The van der Waals surface area contributed by atoms with Gasteiger partial charge in [0, 0.05) is 23.4 Å². The second kappa shape index (κ2) is 6.76. The number of halogens is 1. The van der Waals surface area contributed by atoms with E-state index in [4.69, 9.17) is 16.0 Å². The van der Waals surface area contributed by atoms with Crippen LogP contribution in [-0.4, -0.2) is 15.8 Å². The second-order valence-corrected chi connectivity index (χ2v) is 7.42. The fourth-order valence-corrected chi connectivity index (χ4v) is 3.41. The van der Waals surface area contributed by atoms with E-state index >= 15 is 0 Å². The molecule has 134 valence electrons. The van der Waals surface area contributed by atoms with Crippen molar-refractivity contribution in [2.24, 2.45) is 5.92 Å². The number of pyridine rings is 1. The van der Waals surface area contributed by atoms with Crippen molar-refractivity contribution in [2.75, 3.05) is 0 Å². The zero-order valence-corrected chi connectivity index (χ0v) is 15.7. The molecule has 4 rings (SSSR count). The average Bonchev–Trinajstić information content (AvgIpc) is 3.35. The SMILES string of the molecule is Cc1ccc2cc(CN(Cc3ccco3)C(=O)C3CC3)c(Cl)nc2c1C. The standard InChI is InChI=1S/C21H21ClN2O2/c1-13-5-6-16-10-17(20(22)23-19(16)14(13)2)11-24(21(25)15-7-8-15)12-18-4-3-9-26-18/h3-6,9-10,15H,7-8,11-12H2,1-2H3. The summed E-state index contributed by atoms with van der Waals surface area (Å²) in [5.74, 6) is 1.08. The van der Waals surface area contributed by atoms with E-state index in [9.17, 15) is 4.79 Å². The molecule has 26 heavy (non-hydrogen) atoms. The van der Waals surface area contributed by atoms with E-state index in [0.29, 0.717) is 18.2 Å². The fraction of sp³-hybridized carbons (Fsp3) is 0.333. The van der Waals surface area contributed by atoms with E-state index < -0.39 is 0 Å². The minimum atomic E-state index is 0.141. The zero-order valence-electron chi connectivity index (χ0n) is 15.0. The number of rotatable bonds is 5. The molecular formula is C21H21ClN2O2. The Morgan fingerprint density at radius 3 is 2.77 bits per heavy atom. The third kappa shape index (κ3) is 3.34. The number of carbonyl (C=O) groups is 1. The van der Waals surface area contributed by atoms with Crippen LogP contribution in [0, 0.1) is 19.8 Å². The first-order chi connectivity index (χ1) is 12.5. The topological polar surface area (TPSA) is 46.3 Å². The van der Waals surface area contributed by atoms with Gasteiger partial charge in [0.15, 0.2) is 0 Å². The first-order valence-corrected chi connectivity index (χ1v) is 9.27. The van der Waals surface area contributed by atoms with Gasteiger partial charge < -0.3 is 9.32 Å². The van der Waals surface area contributed by atoms with Gasteiger partial charge in [-0.3, -0.25) is 4.79 Å². The Kier molecular flexibility index (Phi) is 4.45. The molecule has 0 spiro atoms. The molecule has 0 unspecified atom stereocenters. The smallest absolute Gasteiger partial charge is 0.226 e. The summed E-state index contributed by atoms with van der Waals surface area (Å²) in [6, 6.07) is 9.92. The Bertz CT molecular complexity index is 962. The number of amides is 1. The number of benzene rings is 1. The third-order valence-corrected chi connectivity index (χ3v) is 5.39. The van der Waals surface area contributed by atoms with E-state index in [1.54, 1.807) is 6.26 Å². The number of fused-ring (bicyclic) bond motifs is 1. The summed E-state index contributed by atoms with van der Waals surface area (Å²) in [7, 11) is 0. The molecule has 3 aromatic rings. The summed E-state index contributed by atoms with van der Waals surface area (Å²) in [5.41, 5.74) is 4.11. The van der Waals surface area contributed by atoms with Gasteiger partial charge in [0.1, 0.15) is 10.9 Å². The van der Waals surface area contributed by atoms with Crippen molar-refractivity contribution in [2.45, 2.75) is 39.8 Å². The van der Waals surface area contributed by atoms with Gasteiger partial charge in [0.2, 0.25) is 5.91 Å². The van der Waals surface area contributed by atoms with Crippen LogP contribution in [0.4, 0.5) is 0 Å². The van der Waals surface area contributed by atoms with E-state index in [0.717, 1.165) is 40.6 Å².